The summed E-state index contributed by atoms with van der Waals surface area (Å²) in [7, 11) is -3.37. The van der Waals surface area contributed by atoms with Crippen LogP contribution in [0.1, 0.15) is 46.5 Å². The monoisotopic (exact) mass is 405 g/mol. The maximum atomic E-state index is 12.6. The van der Waals surface area contributed by atoms with Gasteiger partial charge in [-0.05, 0) is 70.7 Å². The number of aromatic nitrogens is 1. The van der Waals surface area contributed by atoms with E-state index >= 15 is 0 Å². The molecule has 1 aliphatic carbocycles. The van der Waals surface area contributed by atoms with Crippen molar-refractivity contribution in [3.8, 4) is 11.3 Å². The largest absolute Gasteiger partial charge is 0.444 e. The lowest BCUT2D eigenvalue weighted by Gasteiger charge is -2.30. The van der Waals surface area contributed by atoms with Crippen LogP contribution in [0.3, 0.4) is 0 Å². The Hall–Kier alpha value is -2.19. The molecule has 2 aromatic rings. The second-order valence-electron chi connectivity index (χ2n) is 8.21. The third-order valence-corrected chi connectivity index (χ3v) is 7.35. The zero-order valence-electron chi connectivity index (χ0n) is 16.4. The van der Waals surface area contributed by atoms with E-state index in [0.717, 1.165) is 11.3 Å². The highest BCUT2D eigenvalue weighted by molar-refractivity contribution is 7.90. The summed E-state index contributed by atoms with van der Waals surface area (Å²) in [5.74, 6) is 0.544. The van der Waals surface area contributed by atoms with Crippen molar-refractivity contribution in [3.05, 3.63) is 36.9 Å². The van der Waals surface area contributed by atoms with Gasteiger partial charge in [0.2, 0.25) is 15.9 Å². The predicted octanol–water partition coefficient (Wildman–Crippen LogP) is 3.56. The number of hydrogen-bond acceptors (Lipinski definition) is 5. The fourth-order valence-corrected chi connectivity index (χ4v) is 4.22. The van der Waals surface area contributed by atoms with Gasteiger partial charge in [0.05, 0.1) is 10.9 Å². The van der Waals surface area contributed by atoms with Gasteiger partial charge in [-0.15, -0.1) is 0 Å². The molecule has 1 aromatic carbocycles. The number of oxazole rings is 1. The molecule has 0 bridgehead atoms. The second kappa shape index (κ2) is 8.05. The van der Waals surface area contributed by atoms with E-state index in [1.165, 1.54) is 6.39 Å². The smallest absolute Gasteiger partial charge is 0.227 e. The molecule has 3 rings (SSSR count). The third kappa shape index (κ3) is 4.80. The number of sulfonamides is 1. The van der Waals surface area contributed by atoms with Crippen molar-refractivity contribution < 1.29 is 17.6 Å². The Kier molecular flexibility index (Phi) is 5.90. The fourth-order valence-electron chi connectivity index (χ4n) is 3.19. The molecule has 8 heteroatoms. The van der Waals surface area contributed by atoms with Crippen LogP contribution in [0.2, 0.25) is 0 Å². The minimum Gasteiger partial charge on any atom is -0.444 e. The zero-order valence-corrected chi connectivity index (χ0v) is 17.3. The van der Waals surface area contributed by atoms with Gasteiger partial charge < -0.3 is 9.73 Å². The lowest BCUT2D eigenvalue weighted by molar-refractivity contribution is -0.120. The number of carbonyl (C=O) groups is 1. The van der Waals surface area contributed by atoms with Crippen LogP contribution in [0.5, 0.6) is 0 Å². The highest BCUT2D eigenvalue weighted by Gasteiger charge is 2.34. The topological polar surface area (TPSA) is 101 Å². The number of benzene rings is 1. The van der Waals surface area contributed by atoms with Crippen LogP contribution < -0.4 is 10.0 Å². The van der Waals surface area contributed by atoms with Crippen LogP contribution in [0.4, 0.5) is 5.69 Å². The maximum Gasteiger partial charge on any atom is 0.227 e. The van der Waals surface area contributed by atoms with Crippen molar-refractivity contribution in [1.82, 2.24) is 9.71 Å². The van der Waals surface area contributed by atoms with Crippen molar-refractivity contribution in [2.24, 2.45) is 5.92 Å². The molecule has 0 aliphatic heterocycles. The lowest BCUT2D eigenvalue weighted by Crippen LogP contribution is -2.46. The standard InChI is InChI=1S/C20H27N3O4S/c1-20(2,3)28(25,26)23-17-10-6-15(7-11-17)19(24)22-16-8-4-14(5-9-16)18-12-21-13-27-18/h4-5,8-9,12-13,15,17,23H,6-7,10-11H2,1-3H3,(H,22,24)/t15-,17-. The minimum atomic E-state index is -3.37. The van der Waals surface area contributed by atoms with Gasteiger partial charge in [0.25, 0.3) is 0 Å². The van der Waals surface area contributed by atoms with Crippen LogP contribution in [-0.4, -0.2) is 30.1 Å². The van der Waals surface area contributed by atoms with Gasteiger partial charge in [0.1, 0.15) is 0 Å². The number of carbonyl (C=O) groups excluding carboxylic acids is 1. The first-order chi connectivity index (χ1) is 13.2. The number of amides is 1. The Balaban J connectivity index is 1.51. The Morgan fingerprint density at radius 1 is 1.11 bits per heavy atom. The molecule has 1 amide bonds. The van der Waals surface area contributed by atoms with E-state index < -0.39 is 14.8 Å². The molecule has 1 aromatic heterocycles. The molecule has 2 N–H and O–H groups in total. The number of nitrogens with zero attached hydrogens (tertiary/aromatic N) is 1. The molecular weight excluding hydrogens is 378 g/mol. The van der Waals surface area contributed by atoms with Gasteiger partial charge in [0.15, 0.2) is 12.2 Å². The van der Waals surface area contributed by atoms with Gasteiger partial charge in [-0.1, -0.05) is 0 Å². The van der Waals surface area contributed by atoms with E-state index in [2.05, 4.69) is 15.0 Å². The summed E-state index contributed by atoms with van der Waals surface area (Å²) in [6.07, 6.45) is 5.68. The van der Waals surface area contributed by atoms with Crippen LogP contribution in [0.15, 0.2) is 41.3 Å². The van der Waals surface area contributed by atoms with Gasteiger partial charge in [0, 0.05) is 23.2 Å². The van der Waals surface area contributed by atoms with E-state index in [-0.39, 0.29) is 17.9 Å². The van der Waals surface area contributed by atoms with Crippen molar-refractivity contribution in [3.63, 3.8) is 0 Å². The first-order valence-corrected chi connectivity index (χ1v) is 11.0. The highest BCUT2D eigenvalue weighted by atomic mass is 32.2. The van der Waals surface area contributed by atoms with Crippen molar-refractivity contribution in [2.45, 2.75) is 57.2 Å². The first-order valence-electron chi connectivity index (χ1n) is 9.47. The van der Waals surface area contributed by atoms with E-state index in [9.17, 15) is 13.2 Å². The molecule has 1 fully saturated rings. The normalized spacial score (nSPS) is 20.7. The summed E-state index contributed by atoms with van der Waals surface area (Å²) in [6.45, 7) is 5.05. The fraction of sp³-hybridized carbons (Fsp3) is 0.500. The molecule has 7 nitrogen and oxygen atoms in total. The van der Waals surface area contributed by atoms with E-state index in [0.29, 0.717) is 31.4 Å². The molecular formula is C20H27N3O4S. The molecule has 1 saturated carbocycles. The summed E-state index contributed by atoms with van der Waals surface area (Å²) in [5.41, 5.74) is 1.62. The Labute approximate surface area is 166 Å². The summed E-state index contributed by atoms with van der Waals surface area (Å²) in [5, 5.41) is 2.95. The molecule has 28 heavy (non-hydrogen) atoms. The highest BCUT2D eigenvalue weighted by Crippen LogP contribution is 2.28. The quantitative estimate of drug-likeness (QED) is 0.792. The molecule has 0 spiro atoms. The maximum absolute atomic E-state index is 12.6. The van der Waals surface area contributed by atoms with Crippen LogP contribution >= 0.6 is 0 Å². The molecule has 0 saturated heterocycles. The number of hydrogen-bond donors (Lipinski definition) is 2. The lowest BCUT2D eigenvalue weighted by atomic mass is 9.86. The average molecular weight is 406 g/mol. The number of nitrogens with one attached hydrogen (secondary N) is 2. The molecule has 1 heterocycles. The SMILES string of the molecule is CC(C)(C)S(=O)(=O)N[C@H]1CC[C@H](C(=O)Nc2ccc(-c3cnco3)cc2)CC1. The zero-order chi connectivity index (χ0) is 20.4. The van der Waals surface area contributed by atoms with Gasteiger partial charge in [-0.2, -0.15) is 0 Å². The summed E-state index contributed by atoms with van der Waals surface area (Å²) < 4.78 is 31.8. The molecule has 0 radical (unpaired) electrons. The van der Waals surface area contributed by atoms with Gasteiger partial charge in [-0.25, -0.2) is 18.1 Å². The summed E-state index contributed by atoms with van der Waals surface area (Å²) in [4.78, 5) is 16.4. The number of rotatable bonds is 5. The Morgan fingerprint density at radius 3 is 2.29 bits per heavy atom. The molecule has 152 valence electrons. The van der Waals surface area contributed by atoms with Gasteiger partial charge >= 0.3 is 0 Å². The first kappa shape index (κ1) is 20.5. The van der Waals surface area contributed by atoms with Crippen molar-refractivity contribution in [1.29, 1.82) is 0 Å². The van der Waals surface area contributed by atoms with Gasteiger partial charge in [-0.3, -0.25) is 4.79 Å². The van der Waals surface area contributed by atoms with Crippen LogP contribution in [-0.2, 0) is 14.8 Å². The van der Waals surface area contributed by atoms with E-state index in [1.54, 1.807) is 27.0 Å². The molecule has 1 aliphatic rings. The predicted molar refractivity (Wildman–Crippen MR) is 108 cm³/mol. The number of anilines is 1. The second-order valence-corrected chi connectivity index (χ2v) is 10.7. The Bertz CT molecular complexity index is 892. The minimum absolute atomic E-state index is 0.0236. The Morgan fingerprint density at radius 2 is 1.75 bits per heavy atom. The summed E-state index contributed by atoms with van der Waals surface area (Å²) in [6, 6.07) is 7.30. The van der Waals surface area contributed by atoms with E-state index in [1.807, 2.05) is 24.3 Å². The average Bonchev–Trinajstić information content (AvgIpc) is 3.16. The molecule has 0 unspecified atom stereocenters. The van der Waals surface area contributed by atoms with E-state index in [4.69, 9.17) is 4.42 Å². The molecule has 0 atom stereocenters. The third-order valence-electron chi connectivity index (χ3n) is 5.10. The summed E-state index contributed by atoms with van der Waals surface area (Å²) >= 11 is 0. The van der Waals surface area contributed by atoms with Crippen LogP contribution in [0.25, 0.3) is 11.3 Å². The van der Waals surface area contributed by atoms with Crippen molar-refractivity contribution >= 4 is 21.6 Å². The van der Waals surface area contributed by atoms with Crippen molar-refractivity contribution in [2.75, 3.05) is 5.32 Å². The van der Waals surface area contributed by atoms with Crippen LogP contribution in [0, 0.1) is 5.92 Å².